The Labute approximate surface area is 180 Å². The molecule has 162 valence electrons. The Morgan fingerprint density at radius 1 is 0.759 bits per heavy atom. The highest BCUT2D eigenvalue weighted by atomic mass is 16.1. The first-order chi connectivity index (χ1) is 13.7. The lowest BCUT2D eigenvalue weighted by Crippen LogP contribution is -2.20. The second-order valence-corrected chi connectivity index (χ2v) is 8.15. The maximum atomic E-state index is 11.5. The lowest BCUT2D eigenvalue weighted by Gasteiger charge is -2.02. The summed E-state index contributed by atoms with van der Waals surface area (Å²) in [5.74, 6) is -0.0334. The molecule has 0 spiro atoms. The number of carbonyl (C=O) groups excluding carboxylic acids is 1. The van der Waals surface area contributed by atoms with E-state index in [1.54, 1.807) is 6.08 Å². The summed E-state index contributed by atoms with van der Waals surface area (Å²) in [4.78, 5) is 11.5. The summed E-state index contributed by atoms with van der Waals surface area (Å²) >= 11 is 0. The third-order valence-electron chi connectivity index (χ3n) is 4.60. The minimum Gasteiger partial charge on any atom is -0.353 e. The third kappa shape index (κ3) is 17.7. The van der Waals surface area contributed by atoms with Gasteiger partial charge in [0.25, 0.3) is 0 Å². The summed E-state index contributed by atoms with van der Waals surface area (Å²) in [5, 5.41) is 2.77. The molecular formula is C27H43NO. The van der Waals surface area contributed by atoms with Crippen LogP contribution in [0, 0.1) is 0 Å². The third-order valence-corrected chi connectivity index (χ3v) is 4.60. The van der Waals surface area contributed by atoms with Gasteiger partial charge in [-0.15, -0.1) is 0 Å². The quantitative estimate of drug-likeness (QED) is 0.192. The molecule has 0 saturated heterocycles. The normalized spacial score (nSPS) is 13.8. The SMILES string of the molecule is CCNC(=O)C=C(C)C=CC=C(C)CCC=C(C)CCC=C(C)CCC=C(C)C. The van der Waals surface area contributed by atoms with Crippen LogP contribution in [-0.4, -0.2) is 12.5 Å². The van der Waals surface area contributed by atoms with Crippen LogP contribution in [0.1, 0.15) is 87.0 Å². The molecule has 1 N–H and O–H groups in total. The van der Waals surface area contributed by atoms with Crippen LogP contribution in [0.25, 0.3) is 0 Å². The number of nitrogens with one attached hydrogen (secondary N) is 1. The van der Waals surface area contributed by atoms with Gasteiger partial charge in [0.1, 0.15) is 0 Å². The monoisotopic (exact) mass is 397 g/mol. The first kappa shape index (κ1) is 26.9. The van der Waals surface area contributed by atoms with Gasteiger partial charge >= 0.3 is 0 Å². The molecule has 0 fully saturated rings. The molecule has 0 heterocycles. The molecule has 0 atom stereocenters. The molecule has 0 aromatic rings. The van der Waals surface area contributed by atoms with Gasteiger partial charge in [0.05, 0.1) is 0 Å². The molecular weight excluding hydrogens is 354 g/mol. The van der Waals surface area contributed by atoms with E-state index >= 15 is 0 Å². The molecule has 0 saturated carbocycles. The van der Waals surface area contributed by atoms with Gasteiger partial charge in [0.15, 0.2) is 0 Å². The topological polar surface area (TPSA) is 29.1 Å². The summed E-state index contributed by atoms with van der Waals surface area (Å²) in [5.41, 5.74) is 6.69. The first-order valence-electron chi connectivity index (χ1n) is 11.0. The number of hydrogen-bond acceptors (Lipinski definition) is 1. The number of carbonyl (C=O) groups is 1. The number of likely N-dealkylation sites (N-methyl/N-ethyl adjacent to an activating group) is 1. The van der Waals surface area contributed by atoms with Crippen molar-refractivity contribution in [2.24, 2.45) is 0 Å². The molecule has 0 rings (SSSR count). The van der Waals surface area contributed by atoms with Crippen LogP contribution in [0.5, 0.6) is 0 Å². The highest BCUT2D eigenvalue weighted by Crippen LogP contribution is 2.13. The van der Waals surface area contributed by atoms with Crippen molar-refractivity contribution < 1.29 is 4.79 Å². The zero-order valence-corrected chi connectivity index (χ0v) is 19.9. The van der Waals surface area contributed by atoms with Crippen LogP contribution in [-0.2, 0) is 4.79 Å². The molecule has 0 aliphatic heterocycles. The van der Waals surface area contributed by atoms with E-state index in [4.69, 9.17) is 0 Å². The summed E-state index contributed by atoms with van der Waals surface area (Å²) in [6, 6.07) is 0. The molecule has 1 amide bonds. The molecule has 0 bridgehead atoms. The highest BCUT2D eigenvalue weighted by molar-refractivity contribution is 5.88. The van der Waals surface area contributed by atoms with Crippen LogP contribution in [0.2, 0.25) is 0 Å². The summed E-state index contributed by atoms with van der Waals surface area (Å²) in [6.07, 6.45) is 21.6. The largest absolute Gasteiger partial charge is 0.353 e. The van der Waals surface area contributed by atoms with Gasteiger partial charge in [-0.3, -0.25) is 4.79 Å². The van der Waals surface area contributed by atoms with E-state index in [0.29, 0.717) is 6.54 Å². The number of rotatable bonds is 13. The van der Waals surface area contributed by atoms with Crippen molar-refractivity contribution in [3.63, 3.8) is 0 Å². The lowest BCUT2D eigenvalue weighted by atomic mass is 10.0. The zero-order chi connectivity index (χ0) is 22.1. The van der Waals surface area contributed by atoms with Gasteiger partial charge in [-0.2, -0.15) is 0 Å². The van der Waals surface area contributed by atoms with Crippen molar-refractivity contribution in [3.05, 3.63) is 70.4 Å². The minimum absolute atomic E-state index is 0.0334. The molecule has 0 aromatic heterocycles. The first-order valence-corrected chi connectivity index (χ1v) is 11.0. The number of amides is 1. The molecule has 0 aliphatic carbocycles. The fourth-order valence-electron chi connectivity index (χ4n) is 2.81. The Kier molecular flexibility index (Phi) is 15.6. The molecule has 0 aliphatic rings. The summed E-state index contributed by atoms with van der Waals surface area (Å²) in [6.45, 7) is 15.5. The van der Waals surface area contributed by atoms with Gasteiger partial charge in [0, 0.05) is 12.6 Å². The Balaban J connectivity index is 4.25. The minimum atomic E-state index is -0.0334. The van der Waals surface area contributed by atoms with E-state index in [2.05, 4.69) is 64.2 Å². The predicted octanol–water partition coefficient (Wildman–Crippen LogP) is 7.77. The Morgan fingerprint density at radius 3 is 1.79 bits per heavy atom. The molecule has 29 heavy (non-hydrogen) atoms. The second kappa shape index (κ2) is 16.8. The van der Waals surface area contributed by atoms with Gasteiger partial charge in [-0.05, 0) is 92.6 Å². The fraction of sp³-hybridized carbons (Fsp3) is 0.519. The zero-order valence-electron chi connectivity index (χ0n) is 19.9. The number of hydrogen-bond donors (Lipinski definition) is 1. The van der Waals surface area contributed by atoms with E-state index < -0.39 is 0 Å². The van der Waals surface area contributed by atoms with E-state index in [1.165, 1.54) is 28.7 Å². The van der Waals surface area contributed by atoms with Crippen LogP contribution in [0.3, 0.4) is 0 Å². The van der Waals surface area contributed by atoms with Crippen molar-refractivity contribution in [1.82, 2.24) is 5.32 Å². The Bertz CT molecular complexity index is 665. The average molecular weight is 398 g/mol. The molecule has 2 nitrogen and oxygen atoms in total. The molecule has 0 unspecified atom stereocenters. The predicted molar refractivity (Wildman–Crippen MR) is 130 cm³/mol. The van der Waals surface area contributed by atoms with Crippen molar-refractivity contribution in [2.45, 2.75) is 87.0 Å². The van der Waals surface area contributed by atoms with Gasteiger partial charge in [-0.1, -0.05) is 58.7 Å². The van der Waals surface area contributed by atoms with Crippen molar-refractivity contribution >= 4 is 5.91 Å². The maximum Gasteiger partial charge on any atom is 0.244 e. The van der Waals surface area contributed by atoms with Crippen LogP contribution in [0.4, 0.5) is 0 Å². The van der Waals surface area contributed by atoms with Crippen LogP contribution in [0.15, 0.2) is 70.4 Å². The number of allylic oxidation sites excluding steroid dienone is 11. The molecule has 0 aromatic carbocycles. The molecule has 2 heteroatoms. The molecule has 0 radical (unpaired) electrons. The summed E-state index contributed by atoms with van der Waals surface area (Å²) in [7, 11) is 0. The van der Waals surface area contributed by atoms with Crippen LogP contribution >= 0.6 is 0 Å². The maximum absolute atomic E-state index is 11.5. The van der Waals surface area contributed by atoms with E-state index in [0.717, 1.165) is 37.7 Å². The van der Waals surface area contributed by atoms with Crippen molar-refractivity contribution in [2.75, 3.05) is 6.54 Å². The van der Waals surface area contributed by atoms with Crippen LogP contribution < -0.4 is 5.32 Å². The van der Waals surface area contributed by atoms with Crippen molar-refractivity contribution in [1.29, 1.82) is 0 Å². The van der Waals surface area contributed by atoms with E-state index in [-0.39, 0.29) is 5.91 Å². The van der Waals surface area contributed by atoms with E-state index in [1.807, 2.05) is 26.0 Å². The van der Waals surface area contributed by atoms with Crippen molar-refractivity contribution in [3.8, 4) is 0 Å². The smallest absolute Gasteiger partial charge is 0.244 e. The van der Waals surface area contributed by atoms with Gasteiger partial charge < -0.3 is 5.32 Å². The average Bonchev–Trinajstić information content (AvgIpc) is 2.61. The fourth-order valence-corrected chi connectivity index (χ4v) is 2.81. The standard InChI is InChI=1S/C27H43NO/c1-8-28-27(29)21-26(7)20-12-19-25(6)18-11-17-24(5)16-10-15-23(4)14-9-13-22(2)3/h12-13,15,17,19-21H,8-11,14,16,18H2,1-7H3,(H,28,29). The lowest BCUT2D eigenvalue weighted by molar-refractivity contribution is -0.116. The Hall–Kier alpha value is -2.09. The van der Waals surface area contributed by atoms with Gasteiger partial charge in [-0.25, -0.2) is 0 Å². The second-order valence-electron chi connectivity index (χ2n) is 8.15. The summed E-state index contributed by atoms with van der Waals surface area (Å²) < 4.78 is 0. The highest BCUT2D eigenvalue weighted by Gasteiger charge is 1.94. The van der Waals surface area contributed by atoms with E-state index in [9.17, 15) is 4.79 Å². The van der Waals surface area contributed by atoms with Gasteiger partial charge in [0.2, 0.25) is 5.91 Å². The Morgan fingerprint density at radius 2 is 1.28 bits per heavy atom.